The van der Waals surface area contributed by atoms with Gasteiger partial charge in [0.25, 0.3) is 0 Å². The fourth-order valence-electron chi connectivity index (χ4n) is 1.70. The Balaban J connectivity index is 2.43. The SMILES string of the molecule is Cc1ccc(C(=O)c2cc(F)ccc2C)cc1. The molecule has 0 aliphatic rings. The summed E-state index contributed by atoms with van der Waals surface area (Å²) in [5.74, 6) is -0.520. The van der Waals surface area contributed by atoms with E-state index in [-0.39, 0.29) is 11.6 Å². The molecule has 2 heteroatoms. The molecule has 0 heterocycles. The minimum atomic E-state index is -0.383. The number of hydrogen-bond acceptors (Lipinski definition) is 1. The molecule has 2 aromatic carbocycles. The van der Waals surface area contributed by atoms with E-state index < -0.39 is 0 Å². The van der Waals surface area contributed by atoms with Crippen molar-refractivity contribution >= 4 is 5.78 Å². The largest absolute Gasteiger partial charge is 0.289 e. The molecule has 0 fully saturated rings. The molecule has 0 unspecified atom stereocenters. The Morgan fingerprint density at radius 3 is 2.29 bits per heavy atom. The summed E-state index contributed by atoms with van der Waals surface area (Å²) in [5.41, 5.74) is 2.90. The van der Waals surface area contributed by atoms with Crippen LogP contribution in [0, 0.1) is 19.7 Å². The smallest absolute Gasteiger partial charge is 0.193 e. The van der Waals surface area contributed by atoms with Gasteiger partial charge >= 0.3 is 0 Å². The molecule has 0 aromatic heterocycles. The van der Waals surface area contributed by atoms with Crippen molar-refractivity contribution < 1.29 is 9.18 Å². The van der Waals surface area contributed by atoms with Gasteiger partial charge in [-0.25, -0.2) is 4.39 Å². The average Bonchev–Trinajstić information content (AvgIpc) is 2.32. The lowest BCUT2D eigenvalue weighted by Crippen LogP contribution is -2.04. The molecule has 1 nitrogen and oxygen atoms in total. The first-order chi connectivity index (χ1) is 8.08. The van der Waals surface area contributed by atoms with E-state index in [1.54, 1.807) is 25.1 Å². The molecule has 86 valence electrons. The molecule has 2 aromatic rings. The van der Waals surface area contributed by atoms with Gasteiger partial charge in [0.05, 0.1) is 0 Å². The summed E-state index contributed by atoms with van der Waals surface area (Å²) in [7, 11) is 0. The van der Waals surface area contributed by atoms with Crippen molar-refractivity contribution in [3.63, 3.8) is 0 Å². The highest BCUT2D eigenvalue weighted by Gasteiger charge is 2.12. The van der Waals surface area contributed by atoms with Crippen molar-refractivity contribution in [3.8, 4) is 0 Å². The number of rotatable bonds is 2. The van der Waals surface area contributed by atoms with Gasteiger partial charge in [-0.1, -0.05) is 35.9 Å². The molecule has 0 aliphatic carbocycles. The lowest BCUT2D eigenvalue weighted by atomic mass is 9.98. The molecular weight excluding hydrogens is 215 g/mol. The summed E-state index contributed by atoms with van der Waals surface area (Å²) < 4.78 is 13.1. The molecule has 0 spiro atoms. The van der Waals surface area contributed by atoms with Crippen LogP contribution in [0.1, 0.15) is 27.0 Å². The maximum atomic E-state index is 13.1. The van der Waals surface area contributed by atoms with Crippen molar-refractivity contribution in [2.45, 2.75) is 13.8 Å². The molecule has 0 bridgehead atoms. The standard InChI is InChI=1S/C15H13FO/c1-10-3-6-12(7-4-10)15(17)14-9-13(16)8-5-11(14)2/h3-9H,1-2H3. The molecular formula is C15H13FO. The van der Waals surface area contributed by atoms with E-state index in [1.165, 1.54) is 12.1 Å². The third-order valence-corrected chi connectivity index (χ3v) is 2.76. The topological polar surface area (TPSA) is 17.1 Å². The lowest BCUT2D eigenvalue weighted by molar-refractivity contribution is 0.103. The molecule has 2 rings (SSSR count). The summed E-state index contributed by atoms with van der Waals surface area (Å²) in [4.78, 5) is 12.2. The Kier molecular flexibility index (Phi) is 3.05. The number of ketones is 1. The number of carbonyl (C=O) groups excluding carboxylic acids is 1. The van der Waals surface area contributed by atoms with E-state index in [0.29, 0.717) is 11.1 Å². The van der Waals surface area contributed by atoms with Gasteiger partial charge in [-0.3, -0.25) is 4.79 Å². The van der Waals surface area contributed by atoms with Crippen molar-refractivity contribution in [1.29, 1.82) is 0 Å². The van der Waals surface area contributed by atoms with Crippen LogP contribution in [0.5, 0.6) is 0 Å². The molecule has 0 atom stereocenters. The summed E-state index contributed by atoms with van der Waals surface area (Å²) in [6.45, 7) is 3.77. The van der Waals surface area contributed by atoms with Crippen molar-refractivity contribution in [2.75, 3.05) is 0 Å². The number of aryl methyl sites for hydroxylation is 2. The minimum absolute atomic E-state index is 0.137. The van der Waals surface area contributed by atoms with Crippen LogP contribution < -0.4 is 0 Å². The highest BCUT2D eigenvalue weighted by atomic mass is 19.1. The first-order valence-corrected chi connectivity index (χ1v) is 5.45. The quantitative estimate of drug-likeness (QED) is 0.717. The van der Waals surface area contributed by atoms with Gasteiger partial charge in [-0.15, -0.1) is 0 Å². The number of hydrogen-bond donors (Lipinski definition) is 0. The van der Waals surface area contributed by atoms with Crippen LogP contribution in [-0.2, 0) is 0 Å². The minimum Gasteiger partial charge on any atom is -0.289 e. The van der Waals surface area contributed by atoms with E-state index in [4.69, 9.17) is 0 Å². The van der Waals surface area contributed by atoms with Crippen LogP contribution in [0.2, 0.25) is 0 Å². The van der Waals surface area contributed by atoms with E-state index in [2.05, 4.69) is 0 Å². The van der Waals surface area contributed by atoms with Crippen LogP contribution in [0.15, 0.2) is 42.5 Å². The number of halogens is 1. The zero-order chi connectivity index (χ0) is 12.4. The Bertz CT molecular complexity index is 556. The van der Waals surface area contributed by atoms with Gasteiger partial charge in [0.15, 0.2) is 5.78 Å². The maximum absolute atomic E-state index is 13.1. The Labute approximate surface area is 99.9 Å². The maximum Gasteiger partial charge on any atom is 0.193 e. The van der Waals surface area contributed by atoms with Gasteiger partial charge in [0.1, 0.15) is 5.82 Å². The van der Waals surface area contributed by atoms with E-state index in [0.717, 1.165) is 11.1 Å². The second-order valence-electron chi connectivity index (χ2n) is 4.15. The van der Waals surface area contributed by atoms with Gasteiger partial charge in [0, 0.05) is 11.1 Å². The average molecular weight is 228 g/mol. The van der Waals surface area contributed by atoms with Gasteiger partial charge in [-0.2, -0.15) is 0 Å². The van der Waals surface area contributed by atoms with Crippen LogP contribution >= 0.6 is 0 Å². The highest BCUT2D eigenvalue weighted by Crippen LogP contribution is 2.16. The molecule has 0 N–H and O–H groups in total. The first-order valence-electron chi connectivity index (χ1n) is 5.45. The Hall–Kier alpha value is -1.96. The monoisotopic (exact) mass is 228 g/mol. The fraction of sp³-hybridized carbons (Fsp3) is 0.133. The normalized spacial score (nSPS) is 10.3. The molecule has 0 aliphatic heterocycles. The first kappa shape index (κ1) is 11.5. The second-order valence-corrected chi connectivity index (χ2v) is 4.15. The van der Waals surface area contributed by atoms with Gasteiger partial charge in [0.2, 0.25) is 0 Å². The van der Waals surface area contributed by atoms with Crippen molar-refractivity contribution in [1.82, 2.24) is 0 Å². The predicted molar refractivity (Wildman–Crippen MR) is 65.7 cm³/mol. The van der Waals surface area contributed by atoms with Crippen LogP contribution in [0.4, 0.5) is 4.39 Å². The zero-order valence-electron chi connectivity index (χ0n) is 9.83. The van der Waals surface area contributed by atoms with Crippen LogP contribution in [0.25, 0.3) is 0 Å². The third kappa shape index (κ3) is 2.41. The molecule has 17 heavy (non-hydrogen) atoms. The molecule has 0 radical (unpaired) electrons. The summed E-state index contributed by atoms with van der Waals surface area (Å²) >= 11 is 0. The van der Waals surface area contributed by atoms with E-state index in [9.17, 15) is 9.18 Å². The van der Waals surface area contributed by atoms with Gasteiger partial charge < -0.3 is 0 Å². The Morgan fingerprint density at radius 2 is 1.65 bits per heavy atom. The van der Waals surface area contributed by atoms with Crippen LogP contribution in [-0.4, -0.2) is 5.78 Å². The van der Waals surface area contributed by atoms with Crippen LogP contribution in [0.3, 0.4) is 0 Å². The third-order valence-electron chi connectivity index (χ3n) is 2.76. The highest BCUT2D eigenvalue weighted by molar-refractivity contribution is 6.09. The van der Waals surface area contributed by atoms with E-state index in [1.807, 2.05) is 19.1 Å². The van der Waals surface area contributed by atoms with E-state index >= 15 is 0 Å². The molecule has 0 saturated carbocycles. The summed E-state index contributed by atoms with van der Waals surface area (Å²) in [6, 6.07) is 11.6. The van der Waals surface area contributed by atoms with Crippen molar-refractivity contribution in [2.24, 2.45) is 0 Å². The summed E-state index contributed by atoms with van der Waals surface area (Å²) in [5, 5.41) is 0. The zero-order valence-corrected chi connectivity index (χ0v) is 9.83. The molecule has 0 amide bonds. The predicted octanol–water partition coefficient (Wildman–Crippen LogP) is 3.67. The fourth-order valence-corrected chi connectivity index (χ4v) is 1.70. The van der Waals surface area contributed by atoms with Gasteiger partial charge in [-0.05, 0) is 31.5 Å². The van der Waals surface area contributed by atoms with Crippen molar-refractivity contribution in [3.05, 3.63) is 70.5 Å². The lowest BCUT2D eigenvalue weighted by Gasteiger charge is -2.05. The number of benzene rings is 2. The second kappa shape index (κ2) is 4.50. The Morgan fingerprint density at radius 1 is 1.00 bits per heavy atom. The summed E-state index contributed by atoms with van der Waals surface area (Å²) in [6.07, 6.45) is 0. The number of carbonyl (C=O) groups is 1. The molecule has 0 saturated heterocycles.